The Labute approximate surface area is 143 Å². The van der Waals surface area contributed by atoms with Crippen LogP contribution in [0.1, 0.15) is 24.2 Å². The first-order valence-electron chi connectivity index (χ1n) is 8.46. The average molecular weight is 331 g/mol. The highest BCUT2D eigenvalue weighted by Crippen LogP contribution is 2.28. The molecule has 1 saturated heterocycles. The molecule has 0 saturated carbocycles. The van der Waals surface area contributed by atoms with Crippen LogP contribution in [0.3, 0.4) is 0 Å². The fraction of sp³-hybridized carbons (Fsp3) is 0.500. The Bertz CT molecular complexity index is 676. The van der Waals surface area contributed by atoms with Gasteiger partial charge in [0.2, 0.25) is 0 Å². The van der Waals surface area contributed by atoms with Gasteiger partial charge in [-0.3, -0.25) is 0 Å². The van der Waals surface area contributed by atoms with Crippen LogP contribution in [0.5, 0.6) is 0 Å². The summed E-state index contributed by atoms with van der Waals surface area (Å²) in [6, 6.07) is 5.20. The van der Waals surface area contributed by atoms with Gasteiger partial charge < -0.3 is 19.7 Å². The van der Waals surface area contributed by atoms with Crippen LogP contribution in [0.2, 0.25) is 0 Å². The summed E-state index contributed by atoms with van der Waals surface area (Å²) >= 11 is 0. The fourth-order valence-electron chi connectivity index (χ4n) is 3.13. The fourth-order valence-corrected chi connectivity index (χ4v) is 3.13. The van der Waals surface area contributed by atoms with Crippen molar-refractivity contribution in [3.8, 4) is 0 Å². The van der Waals surface area contributed by atoms with Crippen molar-refractivity contribution in [3.05, 3.63) is 47.8 Å². The third kappa shape index (κ3) is 3.76. The van der Waals surface area contributed by atoms with Gasteiger partial charge in [0, 0.05) is 57.7 Å². The number of benzene rings is 1. The molecule has 0 spiro atoms. The predicted molar refractivity (Wildman–Crippen MR) is 94.6 cm³/mol. The number of halogens is 1. The second-order valence-corrected chi connectivity index (χ2v) is 6.59. The van der Waals surface area contributed by atoms with E-state index >= 15 is 0 Å². The zero-order valence-electron chi connectivity index (χ0n) is 14.7. The Hall–Kier alpha value is -1.92. The summed E-state index contributed by atoms with van der Waals surface area (Å²) in [6.45, 7) is 6.82. The van der Waals surface area contributed by atoms with Crippen molar-refractivity contribution >= 4 is 5.69 Å². The number of aromatic nitrogens is 2. The van der Waals surface area contributed by atoms with Crippen LogP contribution in [0.4, 0.5) is 10.1 Å². The topological polar surface area (TPSA) is 36.3 Å². The first kappa shape index (κ1) is 16.9. The molecule has 1 aromatic heterocycles. The number of nitrogens with one attached hydrogen (secondary N) is 1. The highest BCUT2D eigenvalue weighted by atomic mass is 19.1. The first-order valence-corrected chi connectivity index (χ1v) is 8.46. The molecule has 1 aliphatic rings. The minimum absolute atomic E-state index is 0.0604. The van der Waals surface area contributed by atoms with E-state index in [0.29, 0.717) is 6.54 Å². The second kappa shape index (κ2) is 7.32. The first-order chi connectivity index (χ1) is 11.5. The van der Waals surface area contributed by atoms with Crippen LogP contribution >= 0.6 is 0 Å². The quantitative estimate of drug-likeness (QED) is 0.911. The van der Waals surface area contributed by atoms with Gasteiger partial charge >= 0.3 is 0 Å². The van der Waals surface area contributed by atoms with E-state index in [-0.39, 0.29) is 11.9 Å². The van der Waals surface area contributed by atoms with Gasteiger partial charge in [-0.05, 0) is 37.7 Å². The zero-order valence-corrected chi connectivity index (χ0v) is 14.7. The molecule has 5 nitrogen and oxygen atoms in total. The van der Waals surface area contributed by atoms with E-state index in [2.05, 4.69) is 34.1 Å². The zero-order chi connectivity index (χ0) is 17.1. The molecule has 1 N–H and O–H groups in total. The molecule has 1 unspecified atom stereocenters. The van der Waals surface area contributed by atoms with Crippen molar-refractivity contribution in [3.63, 3.8) is 0 Å². The summed E-state index contributed by atoms with van der Waals surface area (Å²) in [7, 11) is 4.12. The van der Waals surface area contributed by atoms with Crippen molar-refractivity contribution in [2.45, 2.75) is 19.5 Å². The van der Waals surface area contributed by atoms with Crippen molar-refractivity contribution in [2.75, 3.05) is 38.1 Å². The lowest BCUT2D eigenvalue weighted by molar-refractivity contribution is 0.312. The molecular weight excluding hydrogens is 305 g/mol. The number of hydrogen-bond acceptors (Lipinski definition) is 4. The van der Waals surface area contributed by atoms with Crippen LogP contribution < -0.4 is 10.2 Å². The lowest BCUT2D eigenvalue weighted by atomic mass is 10.0. The number of imidazole rings is 1. The van der Waals surface area contributed by atoms with Crippen LogP contribution in [0.15, 0.2) is 30.7 Å². The number of hydrogen-bond donors (Lipinski definition) is 1. The highest BCUT2D eigenvalue weighted by Gasteiger charge is 2.20. The smallest absolute Gasteiger partial charge is 0.123 e. The maximum Gasteiger partial charge on any atom is 0.123 e. The molecule has 2 heterocycles. The highest BCUT2D eigenvalue weighted by molar-refractivity contribution is 5.55. The van der Waals surface area contributed by atoms with Crippen LogP contribution in [0.25, 0.3) is 0 Å². The molecule has 0 radical (unpaired) electrons. The Morgan fingerprint density at radius 1 is 1.21 bits per heavy atom. The Morgan fingerprint density at radius 2 is 1.96 bits per heavy atom. The number of nitrogens with zero attached hydrogens (tertiary/aromatic N) is 4. The van der Waals surface area contributed by atoms with E-state index in [9.17, 15) is 4.39 Å². The van der Waals surface area contributed by atoms with Gasteiger partial charge in [0.15, 0.2) is 0 Å². The number of aryl methyl sites for hydroxylation is 1. The van der Waals surface area contributed by atoms with Crippen molar-refractivity contribution < 1.29 is 4.39 Å². The van der Waals surface area contributed by atoms with E-state index in [0.717, 1.165) is 43.1 Å². The molecule has 3 rings (SSSR count). The summed E-state index contributed by atoms with van der Waals surface area (Å²) in [6.07, 6.45) is 3.65. The van der Waals surface area contributed by atoms with Crippen molar-refractivity contribution in [1.82, 2.24) is 19.8 Å². The largest absolute Gasteiger partial charge is 0.369 e. The number of piperazine rings is 1. The molecule has 0 bridgehead atoms. The summed E-state index contributed by atoms with van der Waals surface area (Å²) in [5, 5.41) is 3.49. The van der Waals surface area contributed by atoms with E-state index in [4.69, 9.17) is 0 Å². The lowest BCUT2D eigenvalue weighted by Gasteiger charge is -2.36. The summed E-state index contributed by atoms with van der Waals surface area (Å²) in [5.74, 6) is -0.183. The molecule has 1 aromatic carbocycles. The van der Waals surface area contributed by atoms with E-state index in [1.807, 2.05) is 23.9 Å². The molecule has 2 aromatic rings. The molecule has 130 valence electrons. The Morgan fingerprint density at radius 3 is 2.62 bits per heavy atom. The van der Waals surface area contributed by atoms with Crippen LogP contribution in [-0.2, 0) is 13.6 Å². The number of likely N-dealkylation sites (N-methyl/N-ethyl adjacent to an activating group) is 1. The third-order valence-electron chi connectivity index (χ3n) is 4.81. The van der Waals surface area contributed by atoms with Gasteiger partial charge in [0.25, 0.3) is 0 Å². The minimum Gasteiger partial charge on any atom is -0.369 e. The summed E-state index contributed by atoms with van der Waals surface area (Å²) in [4.78, 5) is 8.82. The Balaban J connectivity index is 1.75. The second-order valence-electron chi connectivity index (χ2n) is 6.59. The van der Waals surface area contributed by atoms with Gasteiger partial charge in [0.05, 0.1) is 12.0 Å². The predicted octanol–water partition coefficient (Wildman–Crippen LogP) is 2.16. The van der Waals surface area contributed by atoms with Crippen molar-refractivity contribution in [2.24, 2.45) is 7.05 Å². The average Bonchev–Trinajstić information content (AvgIpc) is 2.98. The molecule has 1 fully saturated rings. The number of rotatable bonds is 5. The van der Waals surface area contributed by atoms with E-state index in [1.54, 1.807) is 18.5 Å². The molecule has 1 atom stereocenters. The molecule has 6 heteroatoms. The standard InChI is InChI=1S/C18H26FN5/c1-14(21-12-16-11-20-13-23(16)3)17-10-15(19)4-5-18(17)24-8-6-22(2)7-9-24/h4-5,10-11,13-14,21H,6-9,12H2,1-3H3. The molecule has 0 amide bonds. The normalized spacial score (nSPS) is 17.2. The minimum atomic E-state index is -0.183. The molecule has 24 heavy (non-hydrogen) atoms. The molecule has 1 aliphatic heterocycles. The third-order valence-corrected chi connectivity index (χ3v) is 4.81. The van der Waals surface area contributed by atoms with Gasteiger partial charge in [0.1, 0.15) is 5.82 Å². The Kier molecular flexibility index (Phi) is 5.16. The summed E-state index contributed by atoms with van der Waals surface area (Å²) in [5.41, 5.74) is 3.26. The van der Waals surface area contributed by atoms with Crippen LogP contribution in [-0.4, -0.2) is 47.7 Å². The van der Waals surface area contributed by atoms with E-state index < -0.39 is 0 Å². The van der Waals surface area contributed by atoms with E-state index in [1.165, 1.54) is 0 Å². The molecular formula is C18H26FN5. The van der Waals surface area contributed by atoms with Gasteiger partial charge in [-0.2, -0.15) is 0 Å². The van der Waals surface area contributed by atoms with Gasteiger partial charge in [-0.1, -0.05) is 0 Å². The monoisotopic (exact) mass is 331 g/mol. The molecule has 0 aliphatic carbocycles. The van der Waals surface area contributed by atoms with Crippen LogP contribution in [0, 0.1) is 5.82 Å². The maximum atomic E-state index is 13.8. The lowest BCUT2D eigenvalue weighted by Crippen LogP contribution is -2.45. The summed E-state index contributed by atoms with van der Waals surface area (Å²) < 4.78 is 15.8. The maximum absolute atomic E-state index is 13.8. The van der Waals surface area contributed by atoms with Gasteiger partial charge in [-0.15, -0.1) is 0 Å². The van der Waals surface area contributed by atoms with Gasteiger partial charge in [-0.25, -0.2) is 9.37 Å². The van der Waals surface area contributed by atoms with Crippen molar-refractivity contribution in [1.29, 1.82) is 0 Å². The number of anilines is 1. The SMILES string of the molecule is CC(NCc1cncn1C)c1cc(F)ccc1N1CCN(C)CC1.